The molecule has 0 aliphatic heterocycles. The van der Waals surface area contributed by atoms with Gasteiger partial charge in [-0.1, -0.05) is 29.8 Å². The topological polar surface area (TPSA) is 63.5 Å². The molecule has 0 unspecified atom stereocenters. The van der Waals surface area contributed by atoms with Crippen LogP contribution in [0.25, 0.3) is 16.8 Å². The van der Waals surface area contributed by atoms with E-state index < -0.39 is 0 Å². The van der Waals surface area contributed by atoms with Crippen LogP contribution in [0.15, 0.2) is 53.5 Å². The standard InChI is InChI=1S/C19H16ClN3O2/c1-12-3-8-18-22-17(10-19(25)23(18)11-12)16(20)9-14-4-6-15(7-5-14)21-13(2)24/h3-11H,1-2H3,(H,21,24)/b16-9-. The summed E-state index contributed by atoms with van der Waals surface area (Å²) in [5, 5.41) is 3.07. The van der Waals surface area contributed by atoms with Gasteiger partial charge in [0, 0.05) is 24.9 Å². The maximum absolute atomic E-state index is 12.3. The Hall–Kier alpha value is -2.92. The highest BCUT2D eigenvalue weighted by Crippen LogP contribution is 2.21. The third-order valence-electron chi connectivity index (χ3n) is 3.58. The average Bonchev–Trinajstić information content (AvgIpc) is 2.56. The number of aromatic nitrogens is 2. The number of pyridine rings is 1. The molecule has 0 atom stereocenters. The summed E-state index contributed by atoms with van der Waals surface area (Å²) in [5.41, 5.74) is 3.30. The second-order valence-electron chi connectivity index (χ2n) is 5.71. The Morgan fingerprint density at radius 2 is 1.92 bits per heavy atom. The van der Waals surface area contributed by atoms with Gasteiger partial charge in [0.25, 0.3) is 5.56 Å². The quantitative estimate of drug-likeness (QED) is 0.781. The van der Waals surface area contributed by atoms with Gasteiger partial charge in [-0.3, -0.25) is 14.0 Å². The van der Waals surface area contributed by atoms with Crippen molar-refractivity contribution in [2.45, 2.75) is 13.8 Å². The number of hydrogen-bond acceptors (Lipinski definition) is 3. The third kappa shape index (κ3) is 3.95. The Balaban J connectivity index is 1.94. The van der Waals surface area contributed by atoms with Crippen LogP contribution in [0, 0.1) is 6.92 Å². The van der Waals surface area contributed by atoms with E-state index >= 15 is 0 Å². The Bertz CT molecular complexity index is 1040. The largest absolute Gasteiger partial charge is 0.326 e. The van der Waals surface area contributed by atoms with E-state index in [1.165, 1.54) is 17.4 Å². The molecule has 3 rings (SSSR count). The zero-order valence-electron chi connectivity index (χ0n) is 13.8. The number of carbonyl (C=O) groups excluding carboxylic acids is 1. The molecule has 2 aromatic heterocycles. The number of nitrogens with one attached hydrogen (secondary N) is 1. The summed E-state index contributed by atoms with van der Waals surface area (Å²) in [5.74, 6) is -0.127. The van der Waals surface area contributed by atoms with Crippen LogP contribution in [-0.4, -0.2) is 15.3 Å². The Morgan fingerprint density at radius 3 is 2.60 bits per heavy atom. The second kappa shape index (κ2) is 6.91. The molecule has 3 aromatic rings. The van der Waals surface area contributed by atoms with E-state index in [0.29, 0.717) is 22.1 Å². The maximum Gasteiger partial charge on any atom is 0.258 e. The lowest BCUT2D eigenvalue weighted by Gasteiger charge is -2.05. The number of rotatable bonds is 3. The molecule has 0 aliphatic carbocycles. The lowest BCUT2D eigenvalue weighted by atomic mass is 10.1. The van der Waals surface area contributed by atoms with Gasteiger partial charge >= 0.3 is 0 Å². The van der Waals surface area contributed by atoms with Gasteiger partial charge in [-0.2, -0.15) is 0 Å². The first kappa shape index (κ1) is 16.9. The highest BCUT2D eigenvalue weighted by atomic mass is 35.5. The molecule has 1 N–H and O–H groups in total. The van der Waals surface area contributed by atoms with Gasteiger partial charge in [0.05, 0.1) is 10.7 Å². The van der Waals surface area contributed by atoms with Gasteiger partial charge in [-0.05, 0) is 42.3 Å². The molecular weight excluding hydrogens is 338 g/mol. The Kier molecular flexibility index (Phi) is 4.67. The molecule has 0 saturated carbocycles. The normalized spacial score (nSPS) is 11.6. The molecule has 6 heteroatoms. The van der Waals surface area contributed by atoms with Crippen molar-refractivity contribution >= 4 is 40.0 Å². The molecule has 1 aromatic carbocycles. The van der Waals surface area contributed by atoms with Gasteiger partial charge < -0.3 is 5.32 Å². The van der Waals surface area contributed by atoms with Gasteiger partial charge in [0.15, 0.2) is 0 Å². The zero-order valence-corrected chi connectivity index (χ0v) is 14.5. The van der Waals surface area contributed by atoms with Crippen LogP contribution in [-0.2, 0) is 4.79 Å². The minimum Gasteiger partial charge on any atom is -0.326 e. The summed E-state index contributed by atoms with van der Waals surface area (Å²) in [4.78, 5) is 27.7. The van der Waals surface area contributed by atoms with E-state index in [-0.39, 0.29) is 11.5 Å². The summed E-state index contributed by atoms with van der Waals surface area (Å²) in [7, 11) is 0. The second-order valence-corrected chi connectivity index (χ2v) is 6.12. The molecule has 25 heavy (non-hydrogen) atoms. The predicted octanol–water partition coefficient (Wildman–Crippen LogP) is 3.70. The van der Waals surface area contributed by atoms with Crippen LogP contribution in [0.4, 0.5) is 5.69 Å². The zero-order chi connectivity index (χ0) is 18.0. The minimum absolute atomic E-state index is 0.127. The van der Waals surface area contributed by atoms with E-state index in [0.717, 1.165) is 11.1 Å². The van der Waals surface area contributed by atoms with Crippen LogP contribution in [0.5, 0.6) is 0 Å². The number of halogens is 1. The lowest BCUT2D eigenvalue weighted by molar-refractivity contribution is -0.114. The molecule has 0 saturated heterocycles. The number of hydrogen-bond donors (Lipinski definition) is 1. The van der Waals surface area contributed by atoms with Crippen LogP contribution in [0.3, 0.4) is 0 Å². The van der Waals surface area contributed by atoms with Gasteiger partial charge in [0.2, 0.25) is 5.91 Å². The van der Waals surface area contributed by atoms with Crippen molar-refractivity contribution in [3.8, 4) is 0 Å². The fourth-order valence-electron chi connectivity index (χ4n) is 2.42. The molecule has 0 bridgehead atoms. The van der Waals surface area contributed by atoms with Crippen molar-refractivity contribution in [1.82, 2.24) is 9.38 Å². The number of benzene rings is 1. The van der Waals surface area contributed by atoms with Crippen molar-refractivity contribution in [3.63, 3.8) is 0 Å². The smallest absolute Gasteiger partial charge is 0.258 e. The van der Waals surface area contributed by atoms with Crippen molar-refractivity contribution in [3.05, 3.63) is 75.8 Å². The number of aryl methyl sites for hydroxylation is 1. The molecule has 1 amide bonds. The minimum atomic E-state index is -0.184. The highest BCUT2D eigenvalue weighted by molar-refractivity contribution is 6.51. The SMILES string of the molecule is CC(=O)Nc1ccc(/C=C(\Cl)c2cc(=O)n3cc(C)ccc3n2)cc1. The van der Waals surface area contributed by atoms with Crippen LogP contribution in [0.1, 0.15) is 23.7 Å². The Labute approximate surface area is 149 Å². The lowest BCUT2D eigenvalue weighted by Crippen LogP contribution is -2.15. The highest BCUT2D eigenvalue weighted by Gasteiger charge is 2.06. The van der Waals surface area contributed by atoms with Crippen molar-refractivity contribution in [2.75, 3.05) is 5.32 Å². The van der Waals surface area contributed by atoms with Crippen LogP contribution < -0.4 is 10.9 Å². The number of anilines is 1. The third-order valence-corrected chi connectivity index (χ3v) is 3.88. The molecule has 0 spiro atoms. The molecule has 0 radical (unpaired) electrons. The van der Waals surface area contributed by atoms with E-state index in [1.807, 2.05) is 25.1 Å². The van der Waals surface area contributed by atoms with E-state index in [9.17, 15) is 9.59 Å². The first-order valence-electron chi connectivity index (χ1n) is 7.68. The molecular formula is C19H16ClN3O2. The Morgan fingerprint density at radius 1 is 1.20 bits per heavy atom. The number of nitrogens with zero attached hydrogens (tertiary/aromatic N) is 2. The number of carbonyl (C=O) groups is 1. The van der Waals surface area contributed by atoms with Crippen LogP contribution >= 0.6 is 11.6 Å². The van der Waals surface area contributed by atoms with Crippen molar-refractivity contribution in [2.24, 2.45) is 0 Å². The number of amides is 1. The summed E-state index contributed by atoms with van der Waals surface area (Å²) in [6.45, 7) is 3.37. The summed E-state index contributed by atoms with van der Waals surface area (Å²) < 4.78 is 1.49. The van der Waals surface area contributed by atoms with Crippen LogP contribution in [0.2, 0.25) is 0 Å². The molecule has 126 valence electrons. The van der Waals surface area contributed by atoms with Gasteiger partial charge in [-0.15, -0.1) is 0 Å². The summed E-state index contributed by atoms with van der Waals surface area (Å²) in [6, 6.07) is 12.3. The van der Waals surface area contributed by atoms with Crippen molar-refractivity contribution in [1.29, 1.82) is 0 Å². The molecule has 5 nitrogen and oxygen atoms in total. The molecule has 2 heterocycles. The fourth-order valence-corrected chi connectivity index (χ4v) is 2.64. The molecule has 0 aliphatic rings. The number of fused-ring (bicyclic) bond motifs is 1. The molecule has 0 fully saturated rings. The van der Waals surface area contributed by atoms with E-state index in [4.69, 9.17) is 11.6 Å². The average molecular weight is 354 g/mol. The summed E-state index contributed by atoms with van der Waals surface area (Å²) >= 11 is 6.35. The summed E-state index contributed by atoms with van der Waals surface area (Å²) in [6.07, 6.45) is 3.47. The predicted molar refractivity (Wildman–Crippen MR) is 101 cm³/mol. The van der Waals surface area contributed by atoms with E-state index in [1.54, 1.807) is 30.5 Å². The monoisotopic (exact) mass is 353 g/mol. The first-order chi connectivity index (χ1) is 11.9. The fraction of sp³-hybridized carbons (Fsp3) is 0.105. The maximum atomic E-state index is 12.3. The van der Waals surface area contributed by atoms with Gasteiger partial charge in [-0.25, -0.2) is 4.98 Å². The van der Waals surface area contributed by atoms with E-state index in [2.05, 4.69) is 10.3 Å². The van der Waals surface area contributed by atoms with Gasteiger partial charge in [0.1, 0.15) is 5.65 Å². The van der Waals surface area contributed by atoms with Crippen molar-refractivity contribution < 1.29 is 4.79 Å². The first-order valence-corrected chi connectivity index (χ1v) is 8.05.